The second kappa shape index (κ2) is 5.45. The first-order valence-electron chi connectivity index (χ1n) is 6.36. The number of nitrogens with two attached hydrogens (primary N) is 1. The highest BCUT2D eigenvalue weighted by atomic mass is 16.5. The van der Waals surface area contributed by atoms with Crippen molar-refractivity contribution in [3.8, 4) is 0 Å². The Bertz CT molecular complexity index is 213. The first-order chi connectivity index (χ1) is 7.82. The van der Waals surface area contributed by atoms with Crippen molar-refractivity contribution >= 4 is 0 Å². The predicted molar refractivity (Wildman–Crippen MR) is 63.4 cm³/mol. The molecular formula is C12H24N2O2. The second-order valence-corrected chi connectivity index (χ2v) is 5.00. The van der Waals surface area contributed by atoms with E-state index in [0.717, 1.165) is 38.8 Å². The number of nitrogens with zero attached hydrogens (tertiary/aromatic N) is 1. The topological polar surface area (TPSA) is 47.7 Å². The molecule has 0 aromatic carbocycles. The van der Waals surface area contributed by atoms with Crippen molar-refractivity contribution in [1.29, 1.82) is 0 Å². The van der Waals surface area contributed by atoms with Crippen LogP contribution in [0.15, 0.2) is 0 Å². The van der Waals surface area contributed by atoms with Crippen molar-refractivity contribution in [3.63, 3.8) is 0 Å². The molecule has 0 aromatic heterocycles. The summed E-state index contributed by atoms with van der Waals surface area (Å²) >= 11 is 0. The second-order valence-electron chi connectivity index (χ2n) is 5.00. The third-order valence-electron chi connectivity index (χ3n) is 3.81. The number of ether oxygens (including phenoxy) is 2. The van der Waals surface area contributed by atoms with Gasteiger partial charge in [0.25, 0.3) is 0 Å². The van der Waals surface area contributed by atoms with Crippen molar-refractivity contribution < 1.29 is 9.47 Å². The summed E-state index contributed by atoms with van der Waals surface area (Å²) in [6.07, 6.45) is 4.92. The summed E-state index contributed by atoms with van der Waals surface area (Å²) in [5.74, 6) is 0. The van der Waals surface area contributed by atoms with Crippen molar-refractivity contribution in [2.24, 2.45) is 5.73 Å². The van der Waals surface area contributed by atoms with E-state index in [9.17, 15) is 0 Å². The molecule has 2 aliphatic rings. The largest absolute Gasteiger partial charge is 0.383 e. The summed E-state index contributed by atoms with van der Waals surface area (Å²) in [6.45, 7) is 4.17. The maximum Gasteiger partial charge on any atom is 0.0662 e. The fraction of sp³-hybridized carbons (Fsp3) is 1.00. The van der Waals surface area contributed by atoms with Gasteiger partial charge in [0.2, 0.25) is 0 Å². The molecule has 94 valence electrons. The average molecular weight is 228 g/mol. The zero-order valence-corrected chi connectivity index (χ0v) is 10.3. The van der Waals surface area contributed by atoms with E-state index in [2.05, 4.69) is 4.90 Å². The van der Waals surface area contributed by atoms with Crippen LogP contribution in [0.5, 0.6) is 0 Å². The quantitative estimate of drug-likeness (QED) is 0.723. The van der Waals surface area contributed by atoms with Crippen molar-refractivity contribution in [3.05, 3.63) is 0 Å². The van der Waals surface area contributed by atoms with Gasteiger partial charge in [0.05, 0.1) is 18.8 Å². The maximum atomic E-state index is 6.01. The highest BCUT2D eigenvalue weighted by Crippen LogP contribution is 2.36. The zero-order valence-electron chi connectivity index (χ0n) is 10.3. The van der Waals surface area contributed by atoms with E-state index in [1.54, 1.807) is 7.11 Å². The molecule has 0 radical (unpaired) electrons. The summed E-state index contributed by atoms with van der Waals surface area (Å²) in [7, 11) is 1.76. The Kier molecular flexibility index (Phi) is 4.19. The van der Waals surface area contributed by atoms with E-state index in [1.807, 2.05) is 0 Å². The standard InChI is InChI=1S/C12H24N2O2/c1-15-8-6-14(11-3-4-11)12(9-13)5-2-7-16-10-12/h11H,2-10,13H2,1H3. The first kappa shape index (κ1) is 12.3. The summed E-state index contributed by atoms with van der Waals surface area (Å²) in [5, 5.41) is 0. The van der Waals surface area contributed by atoms with Gasteiger partial charge in [-0.3, -0.25) is 4.90 Å². The molecule has 0 amide bonds. The molecule has 2 N–H and O–H groups in total. The van der Waals surface area contributed by atoms with Gasteiger partial charge in [0.1, 0.15) is 0 Å². The van der Waals surface area contributed by atoms with E-state index < -0.39 is 0 Å². The van der Waals surface area contributed by atoms with E-state index in [0.29, 0.717) is 6.54 Å². The molecule has 1 aliphatic carbocycles. The van der Waals surface area contributed by atoms with Crippen LogP contribution in [0.2, 0.25) is 0 Å². The first-order valence-corrected chi connectivity index (χ1v) is 6.36. The monoisotopic (exact) mass is 228 g/mol. The van der Waals surface area contributed by atoms with E-state index in [1.165, 1.54) is 19.3 Å². The zero-order chi connectivity index (χ0) is 11.4. The summed E-state index contributed by atoms with van der Waals surface area (Å²) in [4.78, 5) is 2.55. The molecule has 2 fully saturated rings. The van der Waals surface area contributed by atoms with Crippen LogP contribution in [0.3, 0.4) is 0 Å². The van der Waals surface area contributed by atoms with Gasteiger partial charge in [-0.1, -0.05) is 0 Å². The van der Waals surface area contributed by atoms with Crippen molar-refractivity contribution in [2.75, 3.05) is 40.0 Å². The summed E-state index contributed by atoms with van der Waals surface area (Å²) in [6, 6.07) is 0.723. The molecule has 1 saturated carbocycles. The molecule has 1 unspecified atom stereocenters. The van der Waals surface area contributed by atoms with Crippen LogP contribution in [0.4, 0.5) is 0 Å². The minimum absolute atomic E-state index is 0.0813. The van der Waals surface area contributed by atoms with E-state index >= 15 is 0 Å². The lowest BCUT2D eigenvalue weighted by Crippen LogP contribution is -2.60. The van der Waals surface area contributed by atoms with Gasteiger partial charge in [-0.25, -0.2) is 0 Å². The van der Waals surface area contributed by atoms with Crippen LogP contribution in [0, 0.1) is 0 Å². The average Bonchev–Trinajstić information content (AvgIpc) is 3.15. The lowest BCUT2D eigenvalue weighted by Gasteiger charge is -2.45. The highest BCUT2D eigenvalue weighted by molar-refractivity contribution is 5.00. The third kappa shape index (κ3) is 2.56. The van der Waals surface area contributed by atoms with Gasteiger partial charge >= 0.3 is 0 Å². The van der Waals surface area contributed by atoms with Crippen LogP contribution in [-0.4, -0.2) is 56.5 Å². The molecule has 1 atom stereocenters. The molecule has 1 heterocycles. The van der Waals surface area contributed by atoms with Gasteiger partial charge in [-0.2, -0.15) is 0 Å². The Hall–Kier alpha value is -0.160. The van der Waals surface area contributed by atoms with Gasteiger partial charge < -0.3 is 15.2 Å². The maximum absolute atomic E-state index is 6.01. The summed E-state index contributed by atoms with van der Waals surface area (Å²) in [5.41, 5.74) is 6.10. The molecule has 4 nitrogen and oxygen atoms in total. The number of rotatable bonds is 6. The van der Waals surface area contributed by atoms with Crippen LogP contribution in [0.25, 0.3) is 0 Å². The van der Waals surface area contributed by atoms with Crippen molar-refractivity contribution in [2.45, 2.75) is 37.3 Å². The third-order valence-corrected chi connectivity index (χ3v) is 3.81. The van der Waals surface area contributed by atoms with E-state index in [4.69, 9.17) is 15.2 Å². The van der Waals surface area contributed by atoms with Gasteiger partial charge in [-0.05, 0) is 25.7 Å². The molecule has 4 heteroatoms. The highest BCUT2D eigenvalue weighted by Gasteiger charge is 2.44. The molecule has 16 heavy (non-hydrogen) atoms. The van der Waals surface area contributed by atoms with Crippen LogP contribution in [0.1, 0.15) is 25.7 Å². The fourth-order valence-corrected chi connectivity index (χ4v) is 2.73. The Morgan fingerprint density at radius 1 is 1.50 bits per heavy atom. The Labute approximate surface area is 98.1 Å². The number of hydrogen-bond donors (Lipinski definition) is 1. The Morgan fingerprint density at radius 3 is 2.81 bits per heavy atom. The van der Waals surface area contributed by atoms with Crippen LogP contribution in [-0.2, 0) is 9.47 Å². The smallest absolute Gasteiger partial charge is 0.0662 e. The predicted octanol–water partition coefficient (Wildman–Crippen LogP) is 0.605. The molecule has 1 saturated heterocycles. The molecule has 1 aliphatic heterocycles. The fourth-order valence-electron chi connectivity index (χ4n) is 2.73. The lowest BCUT2D eigenvalue weighted by molar-refractivity contribution is -0.0556. The van der Waals surface area contributed by atoms with Crippen LogP contribution >= 0.6 is 0 Å². The lowest BCUT2D eigenvalue weighted by atomic mass is 9.90. The molecule has 2 rings (SSSR count). The van der Waals surface area contributed by atoms with Gasteiger partial charge in [0, 0.05) is 32.8 Å². The molecule has 0 spiro atoms. The minimum Gasteiger partial charge on any atom is -0.383 e. The summed E-state index contributed by atoms with van der Waals surface area (Å²) < 4.78 is 10.9. The molecule has 0 aromatic rings. The van der Waals surface area contributed by atoms with E-state index in [-0.39, 0.29) is 5.54 Å². The van der Waals surface area contributed by atoms with Gasteiger partial charge in [0.15, 0.2) is 0 Å². The minimum atomic E-state index is 0.0813. The SMILES string of the molecule is COCCN(C1CC1)C1(CN)CCCOC1. The Morgan fingerprint density at radius 2 is 2.31 bits per heavy atom. The molecular weight excluding hydrogens is 204 g/mol. The normalized spacial score (nSPS) is 30.9. The number of hydrogen-bond acceptors (Lipinski definition) is 4. The molecule has 0 bridgehead atoms. The van der Waals surface area contributed by atoms with Gasteiger partial charge in [-0.15, -0.1) is 0 Å². The van der Waals surface area contributed by atoms with Crippen molar-refractivity contribution in [1.82, 2.24) is 4.90 Å². The number of methoxy groups -OCH3 is 1. The van der Waals surface area contributed by atoms with Crippen LogP contribution < -0.4 is 5.73 Å². The Balaban J connectivity index is 2.01.